The first-order valence-corrected chi connectivity index (χ1v) is 6.28. The predicted octanol–water partition coefficient (Wildman–Crippen LogP) is 2.60. The van der Waals surface area contributed by atoms with E-state index in [1.807, 2.05) is 19.4 Å². The van der Waals surface area contributed by atoms with Crippen LogP contribution in [0.4, 0.5) is 0 Å². The highest BCUT2D eigenvalue weighted by atomic mass is 15.1. The molecule has 4 heteroatoms. The van der Waals surface area contributed by atoms with Crippen molar-refractivity contribution < 1.29 is 0 Å². The van der Waals surface area contributed by atoms with Gasteiger partial charge in [0.05, 0.1) is 23.4 Å². The maximum atomic E-state index is 4.44. The van der Waals surface area contributed by atoms with Gasteiger partial charge in [-0.3, -0.25) is 0 Å². The third-order valence-corrected chi connectivity index (χ3v) is 3.77. The molecule has 1 aliphatic heterocycles. The number of benzene rings is 1. The minimum absolute atomic E-state index is 0.426. The smallest absolute Gasteiger partial charge is 0.104 e. The number of imidazole rings is 2. The lowest BCUT2D eigenvalue weighted by Gasteiger charge is -2.13. The Kier molecular flexibility index (Phi) is 1.89. The lowest BCUT2D eigenvalue weighted by Crippen LogP contribution is -2.04. The molecule has 0 bridgehead atoms. The van der Waals surface area contributed by atoms with Gasteiger partial charge in [0.25, 0.3) is 0 Å². The molecule has 3 heterocycles. The summed E-state index contributed by atoms with van der Waals surface area (Å²) in [6, 6.07) is 6.93. The number of hydrogen-bond acceptors (Lipinski definition) is 2. The van der Waals surface area contributed by atoms with Gasteiger partial charge in [0.2, 0.25) is 0 Å². The van der Waals surface area contributed by atoms with Crippen LogP contribution in [0.15, 0.2) is 30.7 Å². The minimum Gasteiger partial charge on any atom is -0.342 e. The second-order valence-electron chi connectivity index (χ2n) is 4.95. The van der Waals surface area contributed by atoms with Gasteiger partial charge in [0.15, 0.2) is 0 Å². The van der Waals surface area contributed by atoms with E-state index in [4.69, 9.17) is 0 Å². The number of H-pyrrole nitrogens is 1. The summed E-state index contributed by atoms with van der Waals surface area (Å²) in [5, 5.41) is 0. The zero-order valence-electron chi connectivity index (χ0n) is 10.2. The maximum Gasteiger partial charge on any atom is 0.104 e. The number of hydrogen-bond donors (Lipinski definition) is 1. The number of rotatable bonds is 1. The van der Waals surface area contributed by atoms with E-state index in [9.17, 15) is 0 Å². The van der Waals surface area contributed by atoms with E-state index in [0.29, 0.717) is 6.04 Å². The Balaban J connectivity index is 1.83. The van der Waals surface area contributed by atoms with E-state index in [-0.39, 0.29) is 0 Å². The third kappa shape index (κ3) is 1.32. The maximum absolute atomic E-state index is 4.44. The Morgan fingerprint density at radius 1 is 1.39 bits per heavy atom. The first-order valence-electron chi connectivity index (χ1n) is 6.28. The van der Waals surface area contributed by atoms with Crippen molar-refractivity contribution in [2.24, 2.45) is 0 Å². The van der Waals surface area contributed by atoms with Crippen molar-refractivity contribution in [3.8, 4) is 0 Å². The van der Waals surface area contributed by atoms with E-state index >= 15 is 0 Å². The van der Waals surface area contributed by atoms with Gasteiger partial charge < -0.3 is 9.55 Å². The summed E-state index contributed by atoms with van der Waals surface area (Å²) in [7, 11) is 0. The zero-order valence-corrected chi connectivity index (χ0v) is 10.2. The molecule has 0 aliphatic carbocycles. The monoisotopic (exact) mass is 238 g/mol. The van der Waals surface area contributed by atoms with Crippen LogP contribution in [0.25, 0.3) is 11.0 Å². The van der Waals surface area contributed by atoms with Crippen LogP contribution < -0.4 is 0 Å². The highest BCUT2D eigenvalue weighted by molar-refractivity contribution is 5.76. The molecule has 0 saturated carbocycles. The van der Waals surface area contributed by atoms with Gasteiger partial charge in [-0.25, -0.2) is 9.97 Å². The van der Waals surface area contributed by atoms with Gasteiger partial charge in [-0.2, -0.15) is 0 Å². The molecular weight excluding hydrogens is 224 g/mol. The molecule has 0 radical (unpaired) electrons. The average Bonchev–Trinajstić information content (AvgIpc) is 2.99. The molecule has 1 unspecified atom stereocenters. The fraction of sp³-hybridized carbons (Fsp3) is 0.286. The highest BCUT2D eigenvalue weighted by Crippen LogP contribution is 2.32. The Hall–Kier alpha value is -2.10. The average molecular weight is 238 g/mol. The Labute approximate surface area is 105 Å². The van der Waals surface area contributed by atoms with Gasteiger partial charge in [-0.15, -0.1) is 0 Å². The van der Waals surface area contributed by atoms with Gasteiger partial charge in [-0.05, 0) is 37.5 Å². The van der Waals surface area contributed by atoms with Crippen LogP contribution in [0.5, 0.6) is 0 Å². The molecule has 1 aromatic carbocycles. The summed E-state index contributed by atoms with van der Waals surface area (Å²) < 4.78 is 2.28. The standard InChI is InChI=1S/C14H14N4/c1-9-16-12-4-2-10(6-13(12)17-9)14-5-3-11-7-15-8-18(11)14/h2,4,6-8,14H,3,5H2,1H3,(H,16,17). The van der Waals surface area contributed by atoms with Crippen LogP contribution in [0.3, 0.4) is 0 Å². The first kappa shape index (κ1) is 9.88. The van der Waals surface area contributed by atoms with Crippen molar-refractivity contribution in [1.29, 1.82) is 0 Å². The summed E-state index contributed by atoms with van der Waals surface area (Å²) in [6.45, 7) is 1.99. The summed E-state index contributed by atoms with van der Waals surface area (Å²) in [6.07, 6.45) is 6.19. The fourth-order valence-electron chi connectivity index (χ4n) is 2.92. The molecule has 4 rings (SSSR count). The van der Waals surface area contributed by atoms with Gasteiger partial charge in [0.1, 0.15) is 5.82 Å². The molecular formula is C14H14N4. The number of aromatic nitrogens is 4. The lowest BCUT2D eigenvalue weighted by atomic mass is 10.0. The van der Waals surface area contributed by atoms with E-state index < -0.39 is 0 Å². The Bertz CT molecular complexity index is 722. The Morgan fingerprint density at radius 3 is 3.28 bits per heavy atom. The van der Waals surface area contributed by atoms with Gasteiger partial charge in [0, 0.05) is 11.9 Å². The second-order valence-corrected chi connectivity index (χ2v) is 4.95. The van der Waals surface area contributed by atoms with Crippen LogP contribution in [0, 0.1) is 6.92 Å². The van der Waals surface area contributed by atoms with Crippen molar-refractivity contribution in [2.75, 3.05) is 0 Å². The van der Waals surface area contributed by atoms with Crippen LogP contribution >= 0.6 is 0 Å². The van der Waals surface area contributed by atoms with Crippen molar-refractivity contribution >= 4 is 11.0 Å². The molecule has 1 N–H and O–H groups in total. The third-order valence-electron chi connectivity index (χ3n) is 3.77. The van der Waals surface area contributed by atoms with Crippen molar-refractivity contribution in [3.63, 3.8) is 0 Å². The van der Waals surface area contributed by atoms with Crippen molar-refractivity contribution in [2.45, 2.75) is 25.8 Å². The largest absolute Gasteiger partial charge is 0.342 e. The summed E-state index contributed by atoms with van der Waals surface area (Å²) >= 11 is 0. The molecule has 0 spiro atoms. The molecule has 0 fully saturated rings. The Morgan fingerprint density at radius 2 is 2.33 bits per heavy atom. The molecule has 3 aromatic rings. The number of nitrogens with zero attached hydrogens (tertiary/aromatic N) is 3. The topological polar surface area (TPSA) is 46.5 Å². The van der Waals surface area contributed by atoms with Crippen molar-refractivity contribution in [1.82, 2.24) is 19.5 Å². The van der Waals surface area contributed by atoms with Crippen LogP contribution in [0.1, 0.15) is 29.5 Å². The van der Waals surface area contributed by atoms with Crippen LogP contribution in [-0.2, 0) is 6.42 Å². The van der Waals surface area contributed by atoms with E-state index in [1.54, 1.807) is 0 Å². The molecule has 1 atom stereocenters. The van der Waals surface area contributed by atoms with Gasteiger partial charge in [-0.1, -0.05) is 6.07 Å². The molecule has 1 aliphatic rings. The van der Waals surface area contributed by atoms with E-state index in [1.165, 1.54) is 11.3 Å². The molecule has 90 valence electrons. The molecule has 0 saturated heterocycles. The molecule has 2 aromatic heterocycles. The van der Waals surface area contributed by atoms with E-state index in [0.717, 1.165) is 29.7 Å². The van der Waals surface area contributed by atoms with E-state index in [2.05, 4.69) is 37.7 Å². The lowest BCUT2D eigenvalue weighted by molar-refractivity contribution is 0.616. The minimum atomic E-state index is 0.426. The van der Waals surface area contributed by atoms with Crippen LogP contribution in [0.2, 0.25) is 0 Å². The summed E-state index contributed by atoms with van der Waals surface area (Å²) in [5.74, 6) is 0.969. The number of fused-ring (bicyclic) bond motifs is 2. The van der Waals surface area contributed by atoms with Crippen LogP contribution in [-0.4, -0.2) is 19.5 Å². The number of aromatic amines is 1. The number of aryl methyl sites for hydroxylation is 2. The summed E-state index contributed by atoms with van der Waals surface area (Å²) in [4.78, 5) is 12.0. The van der Waals surface area contributed by atoms with Crippen molar-refractivity contribution in [3.05, 3.63) is 47.8 Å². The molecule has 4 nitrogen and oxygen atoms in total. The molecule has 18 heavy (non-hydrogen) atoms. The molecule has 0 amide bonds. The predicted molar refractivity (Wildman–Crippen MR) is 69.5 cm³/mol. The summed E-state index contributed by atoms with van der Waals surface area (Å²) in [5.41, 5.74) is 4.84. The fourth-order valence-corrected chi connectivity index (χ4v) is 2.92. The van der Waals surface area contributed by atoms with Gasteiger partial charge >= 0.3 is 0 Å². The normalized spacial score (nSPS) is 18.4. The second kappa shape index (κ2) is 3.45. The highest BCUT2D eigenvalue weighted by Gasteiger charge is 2.23. The zero-order chi connectivity index (χ0) is 12.1. The first-order chi connectivity index (χ1) is 8.81. The quantitative estimate of drug-likeness (QED) is 0.708. The SMILES string of the molecule is Cc1nc2ccc(C3CCc4cncn43)cc2[nH]1. The number of nitrogens with one attached hydrogen (secondary N) is 1.